The van der Waals surface area contributed by atoms with Crippen molar-refractivity contribution in [2.45, 2.75) is 31.7 Å². The molecule has 0 aromatic carbocycles. The van der Waals surface area contributed by atoms with Crippen LogP contribution in [0.2, 0.25) is 0 Å². The zero-order valence-electron chi connectivity index (χ0n) is 13.5. The molecule has 0 unspecified atom stereocenters. The van der Waals surface area contributed by atoms with Crippen LogP contribution < -0.4 is 10.6 Å². The van der Waals surface area contributed by atoms with Crippen LogP contribution in [0.1, 0.15) is 43.3 Å². The van der Waals surface area contributed by atoms with Gasteiger partial charge in [-0.15, -0.1) is 0 Å². The summed E-state index contributed by atoms with van der Waals surface area (Å²) in [5.41, 5.74) is 0.597. The number of anilines is 1. The Bertz CT molecular complexity index is 871. The van der Waals surface area contributed by atoms with Gasteiger partial charge in [0.15, 0.2) is 11.6 Å². The smallest absolute Gasteiger partial charge is 0.319 e. The third kappa shape index (κ3) is 3.18. The zero-order valence-corrected chi connectivity index (χ0v) is 13.5. The second-order valence-corrected chi connectivity index (χ2v) is 5.78. The van der Waals surface area contributed by atoms with Crippen LogP contribution in [0.5, 0.6) is 0 Å². The van der Waals surface area contributed by atoms with Crippen molar-refractivity contribution in [3.05, 3.63) is 42.6 Å². The highest BCUT2D eigenvalue weighted by molar-refractivity contribution is 5.89. The lowest BCUT2D eigenvalue weighted by molar-refractivity contribution is 0.248. The molecule has 3 aromatic rings. The maximum absolute atomic E-state index is 12.3. The predicted molar refractivity (Wildman–Crippen MR) is 86.0 cm³/mol. The Kier molecular flexibility index (Phi) is 3.84. The number of nitrogens with zero attached hydrogens (tertiary/aromatic N) is 6. The van der Waals surface area contributed by atoms with Gasteiger partial charge < -0.3 is 15.2 Å². The average Bonchev–Trinajstić information content (AvgIpc) is 3.16. The van der Waals surface area contributed by atoms with E-state index in [-0.39, 0.29) is 6.03 Å². The molecule has 1 aliphatic carbocycles. The van der Waals surface area contributed by atoms with Crippen LogP contribution in [0.15, 0.2) is 35.5 Å². The fraction of sp³-hybridized carbons (Fsp3) is 0.333. The molecule has 0 bridgehead atoms. The van der Waals surface area contributed by atoms with E-state index in [1.807, 2.05) is 0 Å². The Labute approximate surface area is 142 Å². The van der Waals surface area contributed by atoms with Crippen molar-refractivity contribution in [2.24, 2.45) is 0 Å². The molecule has 2 amide bonds. The first-order valence-electron chi connectivity index (χ1n) is 7.92. The normalized spacial score (nSPS) is 14.9. The Morgan fingerprint density at radius 2 is 2.12 bits per heavy atom. The summed E-state index contributed by atoms with van der Waals surface area (Å²) in [4.78, 5) is 24.8. The lowest BCUT2D eigenvalue weighted by atomic mass is 10.3. The van der Waals surface area contributed by atoms with Crippen LogP contribution in [0.3, 0.4) is 0 Å². The minimum Gasteiger partial charge on any atom is -0.359 e. The highest BCUT2D eigenvalue weighted by atomic mass is 16.5. The highest BCUT2D eigenvalue weighted by Gasteiger charge is 2.31. The summed E-state index contributed by atoms with van der Waals surface area (Å²) in [7, 11) is 0. The van der Waals surface area contributed by atoms with Crippen molar-refractivity contribution in [3.63, 3.8) is 0 Å². The highest BCUT2D eigenvalue weighted by Crippen LogP contribution is 2.43. The van der Waals surface area contributed by atoms with E-state index in [2.05, 4.69) is 35.8 Å². The fourth-order valence-electron chi connectivity index (χ4n) is 2.50. The van der Waals surface area contributed by atoms with Crippen LogP contribution in [0, 0.1) is 0 Å². The molecule has 1 fully saturated rings. The van der Waals surface area contributed by atoms with E-state index in [9.17, 15) is 4.79 Å². The van der Waals surface area contributed by atoms with Gasteiger partial charge in [-0.3, -0.25) is 0 Å². The van der Waals surface area contributed by atoms with E-state index in [0.29, 0.717) is 23.4 Å². The maximum Gasteiger partial charge on any atom is 0.319 e. The van der Waals surface area contributed by atoms with E-state index < -0.39 is 6.04 Å². The summed E-state index contributed by atoms with van der Waals surface area (Å²) in [6, 6.07) is 0.933. The van der Waals surface area contributed by atoms with Crippen LogP contribution in [0.25, 0.3) is 5.95 Å². The monoisotopic (exact) mass is 340 g/mol. The molecule has 3 aromatic heterocycles. The molecule has 4 rings (SSSR count). The summed E-state index contributed by atoms with van der Waals surface area (Å²) >= 11 is 0. The minimum atomic E-state index is -0.407. The van der Waals surface area contributed by atoms with Gasteiger partial charge in [-0.2, -0.15) is 9.78 Å². The summed E-state index contributed by atoms with van der Waals surface area (Å²) in [5.74, 6) is 1.99. The molecule has 1 atom stereocenters. The van der Waals surface area contributed by atoms with Crippen molar-refractivity contribution >= 4 is 11.7 Å². The van der Waals surface area contributed by atoms with Crippen molar-refractivity contribution in [1.29, 1.82) is 0 Å². The van der Waals surface area contributed by atoms with Crippen LogP contribution in [-0.2, 0) is 0 Å². The van der Waals surface area contributed by atoms with Gasteiger partial charge >= 0.3 is 6.03 Å². The Hall–Kier alpha value is -3.30. The molecular formula is C15H16N8O2. The third-order valence-electron chi connectivity index (χ3n) is 3.85. The number of carbonyl (C=O) groups excluding carboxylic acids is 1. The minimum absolute atomic E-state index is 0.355. The number of amides is 2. The van der Waals surface area contributed by atoms with E-state index in [1.165, 1.54) is 17.2 Å². The van der Waals surface area contributed by atoms with Gasteiger partial charge in [-0.05, 0) is 25.8 Å². The second kappa shape index (κ2) is 6.30. The number of hydrogen-bond acceptors (Lipinski definition) is 7. The number of hydrogen-bond donors (Lipinski definition) is 2. The van der Waals surface area contributed by atoms with E-state index in [4.69, 9.17) is 4.52 Å². The molecule has 2 N–H and O–H groups in total. The molecule has 0 saturated heterocycles. The standard InChI is InChI=1S/C15H16N8O2/c1-9(13-18-8-19-23(13)14-16-5-2-6-17-14)21-15(24)22-11-7-20-25-12(11)10-3-4-10/h2,5-10H,3-4H2,1H3,(H2,21,22,24)/t9-/m0/s1. The Balaban J connectivity index is 1.45. The number of nitrogens with one attached hydrogen (secondary N) is 2. The van der Waals surface area contributed by atoms with Gasteiger partial charge in [-0.25, -0.2) is 19.7 Å². The van der Waals surface area contributed by atoms with Crippen molar-refractivity contribution in [1.82, 2.24) is 35.2 Å². The first-order chi connectivity index (χ1) is 12.2. The van der Waals surface area contributed by atoms with E-state index in [0.717, 1.165) is 18.6 Å². The summed E-state index contributed by atoms with van der Waals surface area (Å²) in [6.07, 6.45) is 8.25. The van der Waals surface area contributed by atoms with Gasteiger partial charge in [-0.1, -0.05) is 5.16 Å². The van der Waals surface area contributed by atoms with E-state index in [1.54, 1.807) is 25.4 Å². The maximum atomic E-state index is 12.3. The van der Waals surface area contributed by atoms with Crippen LogP contribution in [0.4, 0.5) is 10.5 Å². The van der Waals surface area contributed by atoms with Crippen molar-refractivity contribution < 1.29 is 9.32 Å². The topological polar surface area (TPSA) is 124 Å². The average molecular weight is 340 g/mol. The van der Waals surface area contributed by atoms with Crippen molar-refractivity contribution in [3.8, 4) is 5.95 Å². The molecule has 128 valence electrons. The second-order valence-electron chi connectivity index (χ2n) is 5.78. The molecule has 0 spiro atoms. The summed E-state index contributed by atoms with van der Waals surface area (Å²) in [6.45, 7) is 1.80. The van der Waals surface area contributed by atoms with Gasteiger partial charge in [0.25, 0.3) is 5.95 Å². The van der Waals surface area contributed by atoms with Gasteiger partial charge in [0.05, 0.1) is 12.2 Å². The van der Waals surface area contributed by atoms with Gasteiger partial charge in [0.1, 0.15) is 12.0 Å². The number of carbonyl (C=O) groups is 1. The van der Waals surface area contributed by atoms with Gasteiger partial charge in [0, 0.05) is 18.3 Å². The summed E-state index contributed by atoms with van der Waals surface area (Å²) < 4.78 is 6.69. The molecule has 0 radical (unpaired) electrons. The first kappa shape index (κ1) is 15.2. The van der Waals surface area contributed by atoms with Gasteiger partial charge in [0.2, 0.25) is 0 Å². The van der Waals surface area contributed by atoms with Crippen LogP contribution in [-0.4, -0.2) is 35.9 Å². The number of rotatable bonds is 5. The summed E-state index contributed by atoms with van der Waals surface area (Å²) in [5, 5.41) is 13.5. The molecule has 1 aliphatic rings. The lowest BCUT2D eigenvalue weighted by Crippen LogP contribution is -2.32. The molecule has 1 saturated carbocycles. The molecule has 0 aliphatic heterocycles. The molecule has 10 heteroatoms. The van der Waals surface area contributed by atoms with E-state index >= 15 is 0 Å². The molecule has 25 heavy (non-hydrogen) atoms. The number of urea groups is 1. The third-order valence-corrected chi connectivity index (χ3v) is 3.85. The molecule has 3 heterocycles. The zero-order chi connectivity index (χ0) is 17.2. The predicted octanol–water partition coefficient (Wildman–Crippen LogP) is 1.81. The number of aromatic nitrogens is 6. The molecular weight excluding hydrogens is 324 g/mol. The molecule has 10 nitrogen and oxygen atoms in total. The Morgan fingerprint density at radius 3 is 2.88 bits per heavy atom. The van der Waals surface area contributed by atoms with Crippen molar-refractivity contribution in [2.75, 3.05) is 5.32 Å². The Morgan fingerprint density at radius 1 is 1.32 bits per heavy atom. The van der Waals surface area contributed by atoms with Crippen LogP contribution >= 0.6 is 0 Å². The first-order valence-corrected chi connectivity index (χ1v) is 7.92. The SMILES string of the molecule is C[C@H](NC(=O)Nc1cnoc1C1CC1)c1ncnn1-c1ncccn1. The fourth-order valence-corrected chi connectivity index (χ4v) is 2.50. The lowest BCUT2D eigenvalue weighted by Gasteiger charge is -2.14. The largest absolute Gasteiger partial charge is 0.359 e. The quantitative estimate of drug-likeness (QED) is 0.725.